The number of benzene rings is 1. The van der Waals surface area contributed by atoms with Crippen molar-refractivity contribution in [1.29, 1.82) is 5.26 Å². The van der Waals surface area contributed by atoms with E-state index in [0.717, 1.165) is 24.8 Å². The summed E-state index contributed by atoms with van der Waals surface area (Å²) in [4.78, 5) is 38.0. The fourth-order valence-electron chi connectivity index (χ4n) is 4.74. The Hall–Kier alpha value is -3.12. The average molecular weight is 485 g/mol. The summed E-state index contributed by atoms with van der Waals surface area (Å²) in [5.74, 6) is -0.965. The topological polar surface area (TPSA) is 141 Å². The fourth-order valence-corrected chi connectivity index (χ4v) is 4.74. The molecule has 2 aliphatic rings. The Morgan fingerprint density at radius 1 is 1.26 bits per heavy atom. The number of nitriles is 1. The first-order valence-corrected chi connectivity index (χ1v) is 12.4. The Labute approximate surface area is 206 Å². The Balaban J connectivity index is 1.64. The zero-order valence-electron chi connectivity index (χ0n) is 20.5. The minimum Gasteiger partial charge on any atom is -0.443 e. The second-order valence-electron chi connectivity index (χ2n) is 10.1. The van der Waals surface area contributed by atoms with Gasteiger partial charge in [-0.15, -0.1) is 0 Å². The van der Waals surface area contributed by atoms with Gasteiger partial charge in [0, 0.05) is 18.9 Å². The summed E-state index contributed by atoms with van der Waals surface area (Å²) < 4.78 is 5.85. The van der Waals surface area contributed by atoms with Crippen LogP contribution in [-0.4, -0.2) is 53.3 Å². The van der Waals surface area contributed by atoms with Crippen molar-refractivity contribution in [2.45, 2.75) is 82.6 Å². The van der Waals surface area contributed by atoms with E-state index in [1.54, 1.807) is 6.07 Å². The molecule has 2 fully saturated rings. The first kappa shape index (κ1) is 26.5. The standard InChI is InChI=1S/C26H36N4O5/c1-17(2)13-21(24(33)29-20(22(31)16-27)14-19-9-12-28-23(19)32)30-25(34)35-26(10-6-11-26)15-18-7-4-3-5-8-18/h3-5,7-8,17,19-22,31H,6,9-15H2,1-2H3,(H,28,32)(H,29,33)(H,30,34)/t19-,20?,21?,22?/m0/s1. The van der Waals surface area contributed by atoms with Crippen molar-refractivity contribution in [3.05, 3.63) is 35.9 Å². The van der Waals surface area contributed by atoms with Gasteiger partial charge in [-0.25, -0.2) is 4.79 Å². The third-order valence-corrected chi connectivity index (χ3v) is 6.80. The number of nitrogens with one attached hydrogen (secondary N) is 3. The van der Waals surface area contributed by atoms with Crippen molar-refractivity contribution in [3.8, 4) is 6.07 Å². The first-order valence-electron chi connectivity index (χ1n) is 12.4. The van der Waals surface area contributed by atoms with Gasteiger partial charge >= 0.3 is 6.09 Å². The third kappa shape index (κ3) is 7.43. The number of hydrogen-bond acceptors (Lipinski definition) is 6. The molecule has 3 rings (SSSR count). The smallest absolute Gasteiger partial charge is 0.408 e. The van der Waals surface area contributed by atoms with Crippen LogP contribution in [0.5, 0.6) is 0 Å². The minimum absolute atomic E-state index is 0.0907. The van der Waals surface area contributed by atoms with Gasteiger partial charge in [-0.05, 0) is 50.0 Å². The van der Waals surface area contributed by atoms with Crippen molar-refractivity contribution in [2.24, 2.45) is 11.8 Å². The molecule has 3 unspecified atom stereocenters. The summed E-state index contributed by atoms with van der Waals surface area (Å²) in [6.07, 6.45) is 2.05. The van der Waals surface area contributed by atoms with Gasteiger partial charge in [0.25, 0.3) is 0 Å². The molecule has 1 aromatic carbocycles. The van der Waals surface area contributed by atoms with Crippen LogP contribution >= 0.6 is 0 Å². The Morgan fingerprint density at radius 3 is 2.51 bits per heavy atom. The van der Waals surface area contributed by atoms with Crippen LogP contribution in [0.4, 0.5) is 4.79 Å². The van der Waals surface area contributed by atoms with E-state index < -0.39 is 35.8 Å². The van der Waals surface area contributed by atoms with E-state index in [9.17, 15) is 24.8 Å². The maximum atomic E-state index is 13.1. The Kier molecular flexibility index (Phi) is 9.10. The van der Waals surface area contributed by atoms with Crippen LogP contribution in [0, 0.1) is 23.2 Å². The van der Waals surface area contributed by atoms with Crippen molar-refractivity contribution in [3.63, 3.8) is 0 Å². The molecule has 1 aliphatic carbocycles. The van der Waals surface area contributed by atoms with Crippen molar-refractivity contribution < 1.29 is 24.2 Å². The third-order valence-electron chi connectivity index (χ3n) is 6.80. The van der Waals surface area contributed by atoms with Gasteiger partial charge in [0.05, 0.1) is 12.1 Å². The number of amides is 3. The molecule has 0 radical (unpaired) electrons. The summed E-state index contributed by atoms with van der Waals surface area (Å²) in [5.41, 5.74) is 0.500. The number of rotatable bonds is 11. The predicted molar refractivity (Wildman–Crippen MR) is 129 cm³/mol. The molecule has 4 atom stereocenters. The number of aliphatic hydroxyl groups excluding tert-OH is 1. The molecule has 1 aliphatic heterocycles. The van der Waals surface area contributed by atoms with Gasteiger partial charge < -0.3 is 25.8 Å². The van der Waals surface area contributed by atoms with Crippen LogP contribution in [0.1, 0.15) is 57.9 Å². The van der Waals surface area contributed by atoms with E-state index in [1.165, 1.54) is 0 Å². The number of hydrogen-bond donors (Lipinski definition) is 4. The molecule has 4 N–H and O–H groups in total. The molecule has 1 saturated heterocycles. The van der Waals surface area contributed by atoms with E-state index in [0.29, 0.717) is 25.8 Å². The maximum absolute atomic E-state index is 13.1. The van der Waals surface area contributed by atoms with Crippen LogP contribution in [0.15, 0.2) is 30.3 Å². The number of alkyl carbamates (subject to hydrolysis) is 1. The van der Waals surface area contributed by atoms with E-state index in [1.807, 2.05) is 44.2 Å². The number of ether oxygens (including phenoxy) is 1. The molecule has 35 heavy (non-hydrogen) atoms. The lowest BCUT2D eigenvalue weighted by atomic mass is 9.76. The van der Waals surface area contributed by atoms with Gasteiger partial charge in [-0.2, -0.15) is 5.26 Å². The van der Waals surface area contributed by atoms with E-state index in [2.05, 4.69) is 16.0 Å². The van der Waals surface area contributed by atoms with Gasteiger partial charge in [-0.1, -0.05) is 44.2 Å². The molecule has 1 aromatic rings. The lowest BCUT2D eigenvalue weighted by Crippen LogP contribution is -2.55. The summed E-state index contributed by atoms with van der Waals surface area (Å²) in [7, 11) is 0. The summed E-state index contributed by atoms with van der Waals surface area (Å²) in [6, 6.07) is 9.76. The monoisotopic (exact) mass is 484 g/mol. The van der Waals surface area contributed by atoms with Crippen LogP contribution in [-0.2, 0) is 20.7 Å². The zero-order valence-corrected chi connectivity index (χ0v) is 20.5. The Bertz CT molecular complexity index is 925. The molecule has 9 heteroatoms. The minimum atomic E-state index is -1.47. The Morgan fingerprint density at radius 2 is 1.97 bits per heavy atom. The van der Waals surface area contributed by atoms with Gasteiger partial charge in [0.1, 0.15) is 11.6 Å². The number of aliphatic hydroxyl groups is 1. The van der Waals surface area contributed by atoms with Crippen LogP contribution in [0.25, 0.3) is 0 Å². The highest BCUT2D eigenvalue weighted by Crippen LogP contribution is 2.38. The van der Waals surface area contributed by atoms with Crippen molar-refractivity contribution in [1.82, 2.24) is 16.0 Å². The highest BCUT2D eigenvalue weighted by Gasteiger charge is 2.42. The maximum Gasteiger partial charge on any atom is 0.408 e. The molecule has 1 heterocycles. The highest BCUT2D eigenvalue weighted by atomic mass is 16.6. The molecule has 0 bridgehead atoms. The van der Waals surface area contributed by atoms with Crippen molar-refractivity contribution in [2.75, 3.05) is 6.54 Å². The molecule has 0 spiro atoms. The fraction of sp³-hybridized carbons (Fsp3) is 0.615. The molecule has 3 amide bonds. The molecule has 190 valence electrons. The van der Waals surface area contributed by atoms with Crippen molar-refractivity contribution >= 4 is 17.9 Å². The van der Waals surface area contributed by atoms with Gasteiger partial charge in [0.15, 0.2) is 6.10 Å². The summed E-state index contributed by atoms with van der Waals surface area (Å²) >= 11 is 0. The summed E-state index contributed by atoms with van der Waals surface area (Å²) in [6.45, 7) is 4.39. The highest BCUT2D eigenvalue weighted by molar-refractivity contribution is 5.86. The van der Waals surface area contributed by atoms with E-state index in [-0.39, 0.29) is 24.2 Å². The van der Waals surface area contributed by atoms with Gasteiger partial charge in [0.2, 0.25) is 11.8 Å². The van der Waals surface area contributed by atoms with Crippen LogP contribution < -0.4 is 16.0 Å². The lowest BCUT2D eigenvalue weighted by Gasteiger charge is -2.41. The summed E-state index contributed by atoms with van der Waals surface area (Å²) in [5, 5.41) is 27.5. The van der Waals surface area contributed by atoms with E-state index in [4.69, 9.17) is 4.74 Å². The quantitative estimate of drug-likeness (QED) is 0.355. The lowest BCUT2D eigenvalue weighted by molar-refractivity contribution is -0.127. The molecular weight excluding hydrogens is 448 g/mol. The second-order valence-corrected chi connectivity index (χ2v) is 10.1. The SMILES string of the molecule is CC(C)CC(NC(=O)OC1(Cc2ccccc2)CCC1)C(=O)NC(C[C@@H]1CCNC1=O)C(O)C#N. The largest absolute Gasteiger partial charge is 0.443 e. The van der Waals surface area contributed by atoms with E-state index >= 15 is 0 Å². The second kappa shape index (κ2) is 12.0. The number of carbonyl (C=O) groups is 3. The normalized spacial score (nSPS) is 21.1. The van der Waals surface area contributed by atoms with Crippen LogP contribution in [0.2, 0.25) is 0 Å². The van der Waals surface area contributed by atoms with Gasteiger partial charge in [-0.3, -0.25) is 9.59 Å². The molecule has 9 nitrogen and oxygen atoms in total. The first-order chi connectivity index (χ1) is 16.7. The molecule has 1 saturated carbocycles. The number of nitrogens with zero attached hydrogens (tertiary/aromatic N) is 1. The number of carbonyl (C=O) groups excluding carboxylic acids is 3. The van der Waals surface area contributed by atoms with Crippen LogP contribution in [0.3, 0.4) is 0 Å². The zero-order chi connectivity index (χ0) is 25.4. The predicted octanol–water partition coefficient (Wildman–Crippen LogP) is 2.19. The molecule has 0 aromatic heterocycles. The average Bonchev–Trinajstić information content (AvgIpc) is 3.20. The molecular formula is C26H36N4O5.